The minimum Gasteiger partial charge on any atom is -0.494 e. The number of benzene rings is 2. The van der Waals surface area contributed by atoms with Gasteiger partial charge < -0.3 is 10.1 Å². The lowest BCUT2D eigenvalue weighted by Gasteiger charge is -2.08. The van der Waals surface area contributed by atoms with E-state index in [1.54, 1.807) is 65.2 Å². The van der Waals surface area contributed by atoms with Gasteiger partial charge in [-0.3, -0.25) is 4.79 Å². The van der Waals surface area contributed by atoms with Crippen LogP contribution in [0.4, 0.5) is 5.69 Å². The molecular weight excluding hydrogens is 500 g/mol. The van der Waals surface area contributed by atoms with Gasteiger partial charge in [0.25, 0.3) is 0 Å². The van der Waals surface area contributed by atoms with Crippen LogP contribution in [0.15, 0.2) is 70.6 Å². The van der Waals surface area contributed by atoms with E-state index in [1.807, 2.05) is 13.8 Å². The molecule has 188 valence electrons. The van der Waals surface area contributed by atoms with Crippen molar-refractivity contribution in [3.05, 3.63) is 72.1 Å². The Hall–Kier alpha value is -3.48. The van der Waals surface area contributed by atoms with Gasteiger partial charge in [0.15, 0.2) is 11.5 Å². The van der Waals surface area contributed by atoms with Crippen LogP contribution in [0.5, 0.6) is 5.75 Å². The number of thioether (sulfide) groups is 1. The maximum Gasteiger partial charge on any atom is 0.240 e. The fraction of sp³-hybridized carbons (Fsp3) is 0.250. The number of carbonyl (C=O) groups excluding carboxylic acids is 1. The van der Waals surface area contributed by atoms with Crippen LogP contribution in [0.25, 0.3) is 5.65 Å². The summed E-state index contributed by atoms with van der Waals surface area (Å²) in [5.74, 6) is 1.26. The summed E-state index contributed by atoms with van der Waals surface area (Å²) in [5, 5.41) is 16.2. The summed E-state index contributed by atoms with van der Waals surface area (Å²) in [6.45, 7) is 4.53. The molecule has 0 spiro atoms. The van der Waals surface area contributed by atoms with E-state index in [0.717, 1.165) is 11.3 Å². The Morgan fingerprint density at radius 1 is 1.03 bits per heavy atom. The van der Waals surface area contributed by atoms with Gasteiger partial charge >= 0.3 is 0 Å². The smallest absolute Gasteiger partial charge is 0.240 e. The number of nitrogens with one attached hydrogen (secondary N) is 2. The van der Waals surface area contributed by atoms with Crippen molar-refractivity contribution in [2.24, 2.45) is 0 Å². The Morgan fingerprint density at radius 3 is 2.50 bits per heavy atom. The fourth-order valence-corrected chi connectivity index (χ4v) is 4.97. The molecule has 2 aromatic heterocycles. The predicted molar refractivity (Wildman–Crippen MR) is 138 cm³/mol. The first-order valence-electron chi connectivity index (χ1n) is 11.3. The van der Waals surface area contributed by atoms with Gasteiger partial charge in [-0.15, -0.1) is 10.2 Å². The summed E-state index contributed by atoms with van der Waals surface area (Å²) in [4.78, 5) is 12.6. The molecule has 10 nitrogen and oxygen atoms in total. The van der Waals surface area contributed by atoms with Crippen LogP contribution < -0.4 is 14.8 Å². The Labute approximate surface area is 213 Å². The highest BCUT2D eigenvalue weighted by atomic mass is 32.2. The van der Waals surface area contributed by atoms with Crippen molar-refractivity contribution in [1.29, 1.82) is 0 Å². The van der Waals surface area contributed by atoms with Crippen molar-refractivity contribution in [3.8, 4) is 5.75 Å². The summed E-state index contributed by atoms with van der Waals surface area (Å²) in [5.41, 5.74) is 2.20. The molecule has 2 heterocycles. The van der Waals surface area contributed by atoms with Gasteiger partial charge in [0.2, 0.25) is 15.9 Å². The second-order valence-corrected chi connectivity index (χ2v) is 10.6. The topological polar surface area (TPSA) is 128 Å². The molecule has 2 N–H and O–H groups in total. The average Bonchev–Trinajstić information content (AvgIpc) is 3.26. The molecule has 1 amide bonds. The zero-order valence-corrected chi connectivity index (χ0v) is 21.5. The molecule has 4 rings (SSSR count). The Balaban J connectivity index is 1.33. The third kappa shape index (κ3) is 6.59. The Kier molecular flexibility index (Phi) is 8.18. The number of rotatable bonds is 11. The normalized spacial score (nSPS) is 11.5. The van der Waals surface area contributed by atoms with Gasteiger partial charge in [-0.05, 0) is 62.4 Å². The van der Waals surface area contributed by atoms with E-state index in [2.05, 4.69) is 25.3 Å². The van der Waals surface area contributed by atoms with Crippen LogP contribution in [0.3, 0.4) is 0 Å². The molecule has 0 unspecified atom stereocenters. The first kappa shape index (κ1) is 25.6. The van der Waals surface area contributed by atoms with Crippen LogP contribution in [0.1, 0.15) is 18.3 Å². The van der Waals surface area contributed by atoms with E-state index in [-0.39, 0.29) is 23.1 Å². The van der Waals surface area contributed by atoms with E-state index in [0.29, 0.717) is 35.2 Å². The molecule has 36 heavy (non-hydrogen) atoms. The molecule has 0 bridgehead atoms. The Morgan fingerprint density at radius 2 is 1.78 bits per heavy atom. The molecule has 0 fully saturated rings. The highest BCUT2D eigenvalue weighted by Gasteiger charge is 2.15. The number of hydrogen-bond donors (Lipinski definition) is 2. The van der Waals surface area contributed by atoms with E-state index in [9.17, 15) is 13.2 Å². The van der Waals surface area contributed by atoms with Crippen LogP contribution in [-0.2, 0) is 21.2 Å². The van der Waals surface area contributed by atoms with Crippen molar-refractivity contribution in [1.82, 2.24) is 24.5 Å². The molecule has 0 aliphatic carbocycles. The zero-order valence-electron chi connectivity index (χ0n) is 19.8. The largest absolute Gasteiger partial charge is 0.494 e. The van der Waals surface area contributed by atoms with Crippen molar-refractivity contribution >= 4 is 39.0 Å². The first-order chi connectivity index (χ1) is 17.3. The zero-order chi connectivity index (χ0) is 25.5. The maximum absolute atomic E-state index is 12.5. The number of aromatic nitrogens is 4. The number of amides is 1. The highest BCUT2D eigenvalue weighted by Crippen LogP contribution is 2.19. The predicted octanol–water partition coefficient (Wildman–Crippen LogP) is 3.08. The number of aryl methyl sites for hydroxylation is 1. The minimum absolute atomic E-state index is 0.139. The Bertz CT molecular complexity index is 1440. The minimum atomic E-state index is -3.62. The standard InChI is InChI=1S/C24H26N6O4S2/c1-3-34-19-8-6-18(7-9-19)26-23(31)16-35-24-13-12-21-27-28-22(30(21)29-24)14-15-25-36(32,33)20-10-4-17(2)5-11-20/h4-13,25H,3,14-16H2,1-2H3,(H,26,31). The second-order valence-electron chi connectivity index (χ2n) is 7.81. The number of fused-ring (bicyclic) bond motifs is 1. The molecule has 0 atom stereocenters. The summed E-state index contributed by atoms with van der Waals surface area (Å²) in [7, 11) is -3.62. The number of nitrogens with zero attached hydrogens (tertiary/aromatic N) is 4. The molecule has 0 aliphatic rings. The molecule has 0 radical (unpaired) electrons. The van der Waals surface area contributed by atoms with Crippen LogP contribution >= 0.6 is 11.8 Å². The van der Waals surface area contributed by atoms with Gasteiger partial charge in [0.05, 0.1) is 17.3 Å². The van der Waals surface area contributed by atoms with Gasteiger partial charge in [0.1, 0.15) is 10.8 Å². The van der Waals surface area contributed by atoms with E-state index >= 15 is 0 Å². The molecular formula is C24H26N6O4S2. The van der Waals surface area contributed by atoms with Gasteiger partial charge in [-0.25, -0.2) is 13.1 Å². The number of ether oxygens (including phenoxy) is 1. The first-order valence-corrected chi connectivity index (χ1v) is 13.7. The number of carbonyl (C=O) groups is 1. The molecule has 12 heteroatoms. The fourth-order valence-electron chi connectivity index (χ4n) is 3.29. The quantitative estimate of drug-likeness (QED) is 0.286. The molecule has 0 aliphatic heterocycles. The number of hydrogen-bond acceptors (Lipinski definition) is 8. The third-order valence-corrected chi connectivity index (χ3v) is 7.47. The lowest BCUT2D eigenvalue weighted by molar-refractivity contribution is -0.113. The van der Waals surface area contributed by atoms with Crippen molar-refractivity contribution in [3.63, 3.8) is 0 Å². The van der Waals surface area contributed by atoms with Crippen LogP contribution in [0.2, 0.25) is 0 Å². The number of anilines is 1. The number of sulfonamides is 1. The monoisotopic (exact) mass is 526 g/mol. The maximum atomic E-state index is 12.5. The lowest BCUT2D eigenvalue weighted by atomic mass is 10.2. The molecule has 0 saturated carbocycles. The summed E-state index contributed by atoms with van der Waals surface area (Å²) in [6.07, 6.45) is 0.297. The van der Waals surface area contributed by atoms with Crippen molar-refractivity contribution in [2.75, 3.05) is 24.2 Å². The molecule has 2 aromatic carbocycles. The average molecular weight is 527 g/mol. The van der Waals surface area contributed by atoms with E-state index < -0.39 is 10.0 Å². The van der Waals surface area contributed by atoms with Crippen LogP contribution in [-0.4, -0.2) is 53.0 Å². The van der Waals surface area contributed by atoms with E-state index in [1.165, 1.54) is 11.8 Å². The molecule has 4 aromatic rings. The van der Waals surface area contributed by atoms with Crippen molar-refractivity contribution in [2.45, 2.75) is 30.2 Å². The summed E-state index contributed by atoms with van der Waals surface area (Å²) < 4.78 is 34.5. The van der Waals surface area contributed by atoms with Gasteiger partial charge in [-0.2, -0.15) is 9.61 Å². The molecule has 0 saturated heterocycles. The summed E-state index contributed by atoms with van der Waals surface area (Å²) >= 11 is 1.28. The van der Waals surface area contributed by atoms with Gasteiger partial charge in [0, 0.05) is 18.7 Å². The summed E-state index contributed by atoms with van der Waals surface area (Å²) in [6, 6.07) is 17.3. The SMILES string of the molecule is CCOc1ccc(NC(=O)CSc2ccc3nnc(CCNS(=O)(=O)c4ccc(C)cc4)n3n2)cc1. The van der Waals surface area contributed by atoms with Gasteiger partial charge in [-0.1, -0.05) is 29.5 Å². The van der Waals surface area contributed by atoms with E-state index in [4.69, 9.17) is 4.74 Å². The van der Waals surface area contributed by atoms with Crippen LogP contribution in [0, 0.1) is 6.92 Å². The second kappa shape index (κ2) is 11.5. The third-order valence-electron chi connectivity index (χ3n) is 5.08. The van der Waals surface area contributed by atoms with Crippen molar-refractivity contribution < 1.29 is 17.9 Å². The highest BCUT2D eigenvalue weighted by molar-refractivity contribution is 7.99. The lowest BCUT2D eigenvalue weighted by Crippen LogP contribution is -2.26.